The third-order valence-electron chi connectivity index (χ3n) is 9.05. The summed E-state index contributed by atoms with van der Waals surface area (Å²) in [6.45, 7) is 2.13. The van der Waals surface area contributed by atoms with Gasteiger partial charge in [-0.2, -0.15) is 0 Å². The SMILES string of the molecule is COC(=O)C[C@@]12CC[C@@H]3[C@H]4CCN(CC([Se]c5ccccc5)C1)C32Nc1cc(OC)c(OC)cc14. The van der Waals surface area contributed by atoms with E-state index in [0.29, 0.717) is 38.0 Å². The van der Waals surface area contributed by atoms with Gasteiger partial charge in [0.05, 0.1) is 0 Å². The number of rotatable bonds is 6. The molecule has 3 fully saturated rings. The van der Waals surface area contributed by atoms with E-state index in [1.807, 2.05) is 0 Å². The Balaban J connectivity index is 1.44. The standard InChI is InChI=1S/C28H34N2O4Se/c1-32-24-13-21-20-10-12-30-17-19(35-18-7-5-4-6-8-18)15-27(16-26(31)34-3)11-9-22(20)28(27,30)29-23(21)14-25(24)33-2/h4-8,13-14,19-20,22,29H,9-12,15-17H2,1-3H3/t19?,20-,22+,27+,28?/m0/s1. The molecule has 7 heteroatoms. The van der Waals surface area contributed by atoms with Crippen LogP contribution in [0.2, 0.25) is 4.82 Å². The summed E-state index contributed by atoms with van der Waals surface area (Å²) >= 11 is 0.365. The molecule has 1 N–H and O–H groups in total. The normalized spacial score (nSPS) is 32.7. The molecule has 186 valence electrons. The first-order chi connectivity index (χ1) is 17.0. The van der Waals surface area contributed by atoms with Crippen LogP contribution in [0.3, 0.4) is 0 Å². The van der Waals surface area contributed by atoms with E-state index in [4.69, 9.17) is 14.2 Å². The van der Waals surface area contributed by atoms with Crippen LogP contribution in [0, 0.1) is 11.3 Å². The van der Waals surface area contributed by atoms with Gasteiger partial charge in [-0.05, 0) is 0 Å². The molecule has 3 aliphatic heterocycles. The molecule has 6 rings (SSSR count). The van der Waals surface area contributed by atoms with Gasteiger partial charge in [-0.3, -0.25) is 0 Å². The van der Waals surface area contributed by atoms with Crippen molar-refractivity contribution < 1.29 is 19.0 Å². The second-order valence-electron chi connectivity index (χ2n) is 10.5. The molecule has 2 aromatic carbocycles. The molecular formula is C28H34N2O4Se. The molecule has 2 bridgehead atoms. The molecule has 5 atom stereocenters. The third-order valence-corrected chi connectivity index (χ3v) is 11.6. The Morgan fingerprint density at radius 3 is 2.63 bits per heavy atom. The number of piperidine rings is 2. The van der Waals surface area contributed by atoms with Crippen molar-refractivity contribution in [2.45, 2.75) is 48.5 Å². The first kappa shape index (κ1) is 23.2. The second-order valence-corrected chi connectivity index (χ2v) is 13.3. The van der Waals surface area contributed by atoms with Crippen LogP contribution >= 0.6 is 0 Å². The number of carbonyl (C=O) groups excluding carboxylic acids is 1. The van der Waals surface area contributed by atoms with Crippen molar-refractivity contribution in [2.75, 3.05) is 39.7 Å². The van der Waals surface area contributed by atoms with Gasteiger partial charge in [-0.1, -0.05) is 0 Å². The Morgan fingerprint density at radius 1 is 1.11 bits per heavy atom. The predicted octanol–water partition coefficient (Wildman–Crippen LogP) is 3.80. The maximum atomic E-state index is 12.9. The number of anilines is 1. The molecule has 2 saturated heterocycles. The zero-order valence-corrected chi connectivity index (χ0v) is 22.4. The van der Waals surface area contributed by atoms with Crippen molar-refractivity contribution in [3.05, 3.63) is 48.0 Å². The first-order valence-electron chi connectivity index (χ1n) is 12.6. The molecule has 3 heterocycles. The van der Waals surface area contributed by atoms with Gasteiger partial charge in [0, 0.05) is 0 Å². The number of hydrogen-bond acceptors (Lipinski definition) is 6. The molecule has 1 saturated carbocycles. The van der Waals surface area contributed by atoms with Crippen LogP contribution in [0.25, 0.3) is 0 Å². The summed E-state index contributed by atoms with van der Waals surface area (Å²) in [4.78, 5) is 16.2. The van der Waals surface area contributed by atoms with Gasteiger partial charge in [0.25, 0.3) is 0 Å². The van der Waals surface area contributed by atoms with Crippen LogP contribution < -0.4 is 19.3 Å². The van der Waals surface area contributed by atoms with Gasteiger partial charge in [0.1, 0.15) is 0 Å². The zero-order chi connectivity index (χ0) is 24.2. The topological polar surface area (TPSA) is 60.0 Å². The van der Waals surface area contributed by atoms with Crippen LogP contribution in [-0.4, -0.2) is 65.9 Å². The Morgan fingerprint density at radius 2 is 1.89 bits per heavy atom. The van der Waals surface area contributed by atoms with E-state index >= 15 is 0 Å². The molecule has 2 unspecified atom stereocenters. The minimum atomic E-state index is -0.222. The van der Waals surface area contributed by atoms with Crippen LogP contribution in [0.5, 0.6) is 11.5 Å². The van der Waals surface area contributed by atoms with E-state index in [1.165, 1.54) is 17.1 Å². The summed E-state index contributed by atoms with van der Waals surface area (Å²) in [5.74, 6) is 2.38. The maximum absolute atomic E-state index is 12.9. The van der Waals surface area contributed by atoms with E-state index < -0.39 is 0 Å². The van der Waals surface area contributed by atoms with E-state index in [9.17, 15) is 4.79 Å². The third kappa shape index (κ3) is 3.42. The van der Waals surface area contributed by atoms with Crippen molar-refractivity contribution >= 4 is 31.1 Å². The van der Waals surface area contributed by atoms with Crippen molar-refractivity contribution in [3.63, 3.8) is 0 Å². The molecule has 0 radical (unpaired) electrons. The predicted molar refractivity (Wildman–Crippen MR) is 137 cm³/mol. The van der Waals surface area contributed by atoms with E-state index in [0.717, 1.165) is 56.0 Å². The van der Waals surface area contributed by atoms with Crippen LogP contribution in [0.4, 0.5) is 5.69 Å². The monoisotopic (exact) mass is 542 g/mol. The molecule has 35 heavy (non-hydrogen) atoms. The molecular weight excluding hydrogens is 507 g/mol. The zero-order valence-electron chi connectivity index (χ0n) is 20.7. The number of esters is 1. The van der Waals surface area contributed by atoms with Crippen molar-refractivity contribution in [1.82, 2.24) is 4.90 Å². The quantitative estimate of drug-likeness (QED) is 0.444. The fraction of sp³-hybridized carbons (Fsp3) is 0.536. The molecule has 1 spiro atoms. The van der Waals surface area contributed by atoms with Gasteiger partial charge < -0.3 is 0 Å². The fourth-order valence-corrected chi connectivity index (χ4v) is 10.6. The summed E-state index contributed by atoms with van der Waals surface area (Å²) in [6, 6.07) is 15.2. The number of methoxy groups -OCH3 is 3. The number of fused-ring (bicyclic) bond motifs is 2. The van der Waals surface area contributed by atoms with Crippen LogP contribution in [0.1, 0.15) is 43.6 Å². The Labute approximate surface area is 213 Å². The van der Waals surface area contributed by atoms with Gasteiger partial charge in [0.15, 0.2) is 0 Å². The summed E-state index contributed by atoms with van der Waals surface area (Å²) in [6.07, 6.45) is 4.85. The molecule has 0 aromatic heterocycles. The van der Waals surface area contributed by atoms with Gasteiger partial charge in [-0.25, -0.2) is 0 Å². The Bertz CT molecular complexity index is 1130. The number of ether oxygens (including phenoxy) is 3. The summed E-state index contributed by atoms with van der Waals surface area (Å²) in [5.41, 5.74) is 2.10. The minimum absolute atomic E-state index is 0.0881. The summed E-state index contributed by atoms with van der Waals surface area (Å²) in [5, 5.41) is 4.08. The molecule has 4 aliphatic rings. The van der Waals surface area contributed by atoms with Gasteiger partial charge in [0.2, 0.25) is 0 Å². The van der Waals surface area contributed by atoms with E-state index in [-0.39, 0.29) is 17.0 Å². The van der Waals surface area contributed by atoms with Gasteiger partial charge >= 0.3 is 214 Å². The van der Waals surface area contributed by atoms with E-state index in [1.54, 1.807) is 14.2 Å². The first-order valence-corrected chi connectivity index (χ1v) is 14.5. The number of nitrogens with one attached hydrogen (secondary N) is 1. The number of benzene rings is 2. The van der Waals surface area contributed by atoms with Crippen LogP contribution in [-0.2, 0) is 9.53 Å². The molecule has 1 aliphatic carbocycles. The fourth-order valence-electron chi connectivity index (χ4n) is 7.80. The van der Waals surface area contributed by atoms with Crippen molar-refractivity contribution in [2.24, 2.45) is 11.3 Å². The van der Waals surface area contributed by atoms with Gasteiger partial charge in [-0.15, -0.1) is 0 Å². The second kappa shape index (κ2) is 8.72. The van der Waals surface area contributed by atoms with Crippen LogP contribution in [0.15, 0.2) is 42.5 Å². The Hall–Kier alpha value is -2.21. The average molecular weight is 542 g/mol. The summed E-state index contributed by atoms with van der Waals surface area (Å²) < 4.78 is 18.1. The average Bonchev–Trinajstić information content (AvgIpc) is 3.20. The van der Waals surface area contributed by atoms with E-state index in [2.05, 4.69) is 52.7 Å². The number of hydrogen-bond donors (Lipinski definition) is 1. The summed E-state index contributed by atoms with van der Waals surface area (Å²) in [7, 11) is 4.93. The number of carbonyl (C=O) groups is 1. The van der Waals surface area contributed by atoms with Crippen molar-refractivity contribution in [3.8, 4) is 11.5 Å². The molecule has 2 aromatic rings. The Kier molecular flexibility index (Phi) is 5.78. The molecule has 6 nitrogen and oxygen atoms in total. The molecule has 0 amide bonds. The number of nitrogens with zero attached hydrogens (tertiary/aromatic N) is 1. The van der Waals surface area contributed by atoms with Crippen molar-refractivity contribution in [1.29, 1.82) is 0 Å².